The van der Waals surface area contributed by atoms with Gasteiger partial charge in [-0.05, 0) is 61.7 Å². The number of hydrogen-bond acceptors (Lipinski definition) is 1. The van der Waals surface area contributed by atoms with Crippen LogP contribution in [0.25, 0.3) is 0 Å². The summed E-state index contributed by atoms with van der Waals surface area (Å²) in [6.45, 7) is 6.57. The first-order chi connectivity index (χ1) is 10.0. The summed E-state index contributed by atoms with van der Waals surface area (Å²) in [7, 11) is 0. The van der Waals surface area contributed by atoms with Crippen LogP contribution in [0.5, 0.6) is 0 Å². The van der Waals surface area contributed by atoms with Crippen molar-refractivity contribution in [2.24, 2.45) is 0 Å². The Hall–Kier alpha value is -1.74. The smallest absolute Gasteiger partial charge is 0.128 e. The third-order valence-electron chi connectivity index (χ3n) is 3.63. The van der Waals surface area contributed by atoms with Crippen LogP contribution < -0.4 is 5.32 Å². The molecule has 21 heavy (non-hydrogen) atoms. The molecule has 0 bridgehead atoms. The Bertz CT molecular complexity index is 582. The van der Waals surface area contributed by atoms with E-state index in [9.17, 15) is 8.78 Å². The van der Waals surface area contributed by atoms with Crippen LogP contribution in [0, 0.1) is 25.5 Å². The third kappa shape index (κ3) is 3.88. The van der Waals surface area contributed by atoms with Gasteiger partial charge >= 0.3 is 0 Å². The van der Waals surface area contributed by atoms with Crippen LogP contribution in [0.4, 0.5) is 8.78 Å². The second-order valence-electron chi connectivity index (χ2n) is 5.42. The van der Waals surface area contributed by atoms with Crippen molar-refractivity contribution >= 4 is 0 Å². The van der Waals surface area contributed by atoms with Crippen LogP contribution in [-0.4, -0.2) is 6.54 Å². The van der Waals surface area contributed by atoms with Crippen LogP contribution in [0.15, 0.2) is 36.4 Å². The van der Waals surface area contributed by atoms with Gasteiger partial charge in [0.2, 0.25) is 0 Å². The van der Waals surface area contributed by atoms with Gasteiger partial charge in [0, 0.05) is 11.6 Å². The summed E-state index contributed by atoms with van der Waals surface area (Å²) in [6.07, 6.45) is 0.634. The minimum atomic E-state index is -0.253. The number of rotatable bonds is 5. The Balaban J connectivity index is 2.33. The van der Waals surface area contributed by atoms with Crippen molar-refractivity contribution in [2.75, 3.05) is 6.54 Å². The van der Waals surface area contributed by atoms with Gasteiger partial charge in [0.05, 0.1) is 0 Å². The van der Waals surface area contributed by atoms with E-state index in [0.717, 1.165) is 23.2 Å². The topological polar surface area (TPSA) is 12.0 Å². The summed E-state index contributed by atoms with van der Waals surface area (Å²) in [4.78, 5) is 0. The number of halogens is 2. The molecule has 2 rings (SSSR count). The van der Waals surface area contributed by atoms with E-state index in [1.54, 1.807) is 18.2 Å². The highest BCUT2D eigenvalue weighted by molar-refractivity contribution is 5.35. The molecule has 0 saturated carbocycles. The summed E-state index contributed by atoms with van der Waals surface area (Å²) in [6, 6.07) is 9.83. The molecule has 0 heterocycles. The quantitative estimate of drug-likeness (QED) is 0.856. The van der Waals surface area contributed by atoms with Crippen LogP contribution in [0.1, 0.15) is 35.2 Å². The molecule has 1 nitrogen and oxygen atoms in total. The second-order valence-corrected chi connectivity index (χ2v) is 5.42. The number of benzene rings is 2. The summed E-state index contributed by atoms with van der Waals surface area (Å²) in [5.74, 6) is -0.433. The third-order valence-corrected chi connectivity index (χ3v) is 3.63. The largest absolute Gasteiger partial charge is 0.310 e. The highest BCUT2D eigenvalue weighted by atomic mass is 19.1. The molecule has 2 aromatic carbocycles. The van der Waals surface area contributed by atoms with Crippen molar-refractivity contribution in [1.29, 1.82) is 0 Å². The predicted molar refractivity (Wildman–Crippen MR) is 82.4 cm³/mol. The van der Waals surface area contributed by atoms with Gasteiger partial charge in [-0.1, -0.05) is 25.1 Å². The molecule has 0 spiro atoms. The molecule has 1 atom stereocenters. The zero-order chi connectivity index (χ0) is 15.4. The van der Waals surface area contributed by atoms with E-state index in [-0.39, 0.29) is 17.7 Å². The van der Waals surface area contributed by atoms with E-state index >= 15 is 0 Å². The number of likely N-dealkylation sites (N-methyl/N-ethyl adjacent to an activating group) is 1. The van der Waals surface area contributed by atoms with E-state index in [0.29, 0.717) is 12.0 Å². The van der Waals surface area contributed by atoms with E-state index in [2.05, 4.69) is 5.32 Å². The predicted octanol–water partition coefficient (Wildman–Crippen LogP) is 4.47. The second kappa shape index (κ2) is 6.81. The van der Waals surface area contributed by atoms with E-state index in [1.807, 2.05) is 26.8 Å². The minimum Gasteiger partial charge on any atom is -0.310 e. The monoisotopic (exact) mass is 289 g/mol. The number of aryl methyl sites for hydroxylation is 2. The molecule has 0 aliphatic carbocycles. The molecule has 112 valence electrons. The van der Waals surface area contributed by atoms with Crippen molar-refractivity contribution in [1.82, 2.24) is 5.32 Å². The summed E-state index contributed by atoms with van der Waals surface area (Å²) < 4.78 is 27.3. The minimum absolute atomic E-state index is 0.110. The van der Waals surface area contributed by atoms with Crippen molar-refractivity contribution in [3.8, 4) is 0 Å². The molecule has 0 amide bonds. The number of hydrogen-bond donors (Lipinski definition) is 1. The molecule has 0 aliphatic rings. The molecular weight excluding hydrogens is 268 g/mol. The molecule has 0 radical (unpaired) electrons. The molecule has 2 aromatic rings. The lowest BCUT2D eigenvalue weighted by Gasteiger charge is -2.21. The molecule has 0 fully saturated rings. The normalized spacial score (nSPS) is 12.4. The lowest BCUT2D eigenvalue weighted by Crippen LogP contribution is -2.25. The zero-order valence-electron chi connectivity index (χ0n) is 12.7. The number of nitrogens with one attached hydrogen (secondary N) is 1. The Kier molecular flexibility index (Phi) is 5.07. The highest BCUT2D eigenvalue weighted by Crippen LogP contribution is 2.26. The Morgan fingerprint density at radius 3 is 2.29 bits per heavy atom. The Labute approximate surface area is 125 Å². The summed E-state index contributed by atoms with van der Waals surface area (Å²) in [5, 5.41) is 3.33. The molecule has 0 aliphatic heterocycles. The van der Waals surface area contributed by atoms with Crippen molar-refractivity contribution in [3.05, 3.63) is 70.3 Å². The van der Waals surface area contributed by atoms with Crippen molar-refractivity contribution in [2.45, 2.75) is 33.2 Å². The highest BCUT2D eigenvalue weighted by Gasteiger charge is 2.18. The Morgan fingerprint density at radius 2 is 1.71 bits per heavy atom. The van der Waals surface area contributed by atoms with Gasteiger partial charge in [-0.25, -0.2) is 8.78 Å². The molecule has 0 saturated heterocycles. The van der Waals surface area contributed by atoms with Gasteiger partial charge in [0.1, 0.15) is 11.6 Å². The lowest BCUT2D eigenvalue weighted by atomic mass is 9.93. The molecule has 1 N–H and O–H groups in total. The van der Waals surface area contributed by atoms with Gasteiger partial charge in [-0.2, -0.15) is 0 Å². The van der Waals surface area contributed by atoms with Gasteiger partial charge in [-0.15, -0.1) is 0 Å². The zero-order valence-corrected chi connectivity index (χ0v) is 12.7. The molecule has 3 heteroatoms. The summed E-state index contributed by atoms with van der Waals surface area (Å²) >= 11 is 0. The maximum Gasteiger partial charge on any atom is 0.128 e. The lowest BCUT2D eigenvalue weighted by molar-refractivity contribution is 0.506. The first-order valence-corrected chi connectivity index (χ1v) is 7.25. The van der Waals surface area contributed by atoms with Gasteiger partial charge < -0.3 is 5.32 Å². The van der Waals surface area contributed by atoms with Crippen molar-refractivity contribution < 1.29 is 8.78 Å². The summed E-state index contributed by atoms with van der Waals surface area (Å²) in [5.41, 5.74) is 3.56. The van der Waals surface area contributed by atoms with E-state index in [1.165, 1.54) is 12.1 Å². The van der Waals surface area contributed by atoms with E-state index in [4.69, 9.17) is 0 Å². The Morgan fingerprint density at radius 1 is 1.05 bits per heavy atom. The average Bonchev–Trinajstić information content (AvgIpc) is 2.40. The fraction of sp³-hybridized carbons (Fsp3) is 0.333. The first kappa shape index (κ1) is 15.6. The SMILES string of the molecule is CCNC(Cc1ccc(F)cc1)c1c(C)cc(C)cc1F. The van der Waals surface area contributed by atoms with Crippen LogP contribution in [0.2, 0.25) is 0 Å². The fourth-order valence-corrected chi connectivity index (χ4v) is 2.75. The van der Waals surface area contributed by atoms with Crippen molar-refractivity contribution in [3.63, 3.8) is 0 Å². The van der Waals surface area contributed by atoms with Gasteiger partial charge in [0.25, 0.3) is 0 Å². The van der Waals surface area contributed by atoms with Crippen LogP contribution in [-0.2, 0) is 6.42 Å². The van der Waals surface area contributed by atoms with Crippen LogP contribution in [0.3, 0.4) is 0 Å². The average molecular weight is 289 g/mol. The first-order valence-electron chi connectivity index (χ1n) is 7.25. The van der Waals surface area contributed by atoms with Gasteiger partial charge in [-0.3, -0.25) is 0 Å². The van der Waals surface area contributed by atoms with Gasteiger partial charge in [0.15, 0.2) is 0 Å². The molecule has 1 unspecified atom stereocenters. The fourth-order valence-electron chi connectivity index (χ4n) is 2.75. The maximum atomic E-state index is 14.4. The standard InChI is InChI=1S/C18H21F2N/c1-4-21-17(11-14-5-7-15(19)8-6-14)18-13(3)9-12(2)10-16(18)20/h5-10,17,21H,4,11H2,1-3H3. The maximum absolute atomic E-state index is 14.4. The molecule has 0 aromatic heterocycles. The van der Waals surface area contributed by atoms with E-state index < -0.39 is 0 Å². The molecular formula is C18H21F2N. The van der Waals surface area contributed by atoms with Crippen LogP contribution >= 0.6 is 0 Å².